The third kappa shape index (κ3) is 3.67. The third-order valence-corrected chi connectivity index (χ3v) is 5.52. The molecule has 2 aromatic heterocycles. The standard InChI is InChI=1S/C23H18BBrN2O/c1-23(20-7-4-8-22(28)27-20,14-15-11-17(24)13-18(25)12-15)21-10-9-16-5-2-3-6-19(16)26-21/h2-13H,14H2,1H3,(H,27,28). The second kappa shape index (κ2) is 7.40. The summed E-state index contributed by atoms with van der Waals surface area (Å²) in [4.78, 5) is 20.0. The number of H-pyrrole nitrogens is 1. The Hall–Kier alpha value is -2.66. The fourth-order valence-corrected chi connectivity index (χ4v) is 4.21. The highest BCUT2D eigenvalue weighted by Crippen LogP contribution is 2.34. The van der Waals surface area contributed by atoms with E-state index in [1.807, 2.05) is 48.5 Å². The monoisotopic (exact) mass is 428 g/mol. The molecule has 5 heteroatoms. The summed E-state index contributed by atoms with van der Waals surface area (Å²) in [6.45, 7) is 2.10. The lowest BCUT2D eigenvalue weighted by Gasteiger charge is -2.30. The van der Waals surface area contributed by atoms with Gasteiger partial charge in [0, 0.05) is 21.6 Å². The van der Waals surface area contributed by atoms with Crippen LogP contribution < -0.4 is 11.0 Å². The van der Waals surface area contributed by atoms with Crippen molar-refractivity contribution < 1.29 is 0 Å². The summed E-state index contributed by atoms with van der Waals surface area (Å²) in [6, 6.07) is 23.3. The van der Waals surface area contributed by atoms with Gasteiger partial charge in [-0.2, -0.15) is 0 Å². The first-order valence-electron chi connectivity index (χ1n) is 9.05. The van der Waals surface area contributed by atoms with Crippen LogP contribution in [0.5, 0.6) is 0 Å². The second-order valence-corrected chi connectivity index (χ2v) is 8.14. The zero-order chi connectivity index (χ0) is 19.7. The smallest absolute Gasteiger partial charge is 0.248 e. The minimum atomic E-state index is -0.530. The molecular formula is C23H18BBrN2O. The fraction of sp³-hybridized carbons (Fsp3) is 0.130. The number of pyridine rings is 2. The van der Waals surface area contributed by atoms with Crippen molar-refractivity contribution in [2.24, 2.45) is 0 Å². The molecule has 4 aromatic rings. The molecule has 1 N–H and O–H groups in total. The molecular weight excluding hydrogens is 411 g/mol. The number of rotatable bonds is 4. The van der Waals surface area contributed by atoms with E-state index >= 15 is 0 Å². The number of hydrogen-bond acceptors (Lipinski definition) is 2. The Labute approximate surface area is 173 Å². The van der Waals surface area contributed by atoms with Crippen molar-refractivity contribution >= 4 is 40.1 Å². The fourth-order valence-electron chi connectivity index (χ4n) is 3.65. The van der Waals surface area contributed by atoms with Crippen LogP contribution in [-0.4, -0.2) is 17.8 Å². The van der Waals surface area contributed by atoms with Crippen molar-refractivity contribution in [1.29, 1.82) is 0 Å². The van der Waals surface area contributed by atoms with Crippen LogP contribution in [0.3, 0.4) is 0 Å². The number of hydrogen-bond donors (Lipinski definition) is 1. The number of nitrogens with one attached hydrogen (secondary N) is 1. The molecule has 136 valence electrons. The summed E-state index contributed by atoms with van der Waals surface area (Å²) in [6.07, 6.45) is 0.641. The van der Waals surface area contributed by atoms with Gasteiger partial charge in [0.05, 0.1) is 16.6 Å². The number of halogens is 1. The molecule has 2 heterocycles. The minimum Gasteiger partial charge on any atom is -0.325 e. The van der Waals surface area contributed by atoms with Gasteiger partial charge in [0.2, 0.25) is 5.56 Å². The van der Waals surface area contributed by atoms with Crippen molar-refractivity contribution in [3.05, 3.63) is 105 Å². The molecule has 2 aromatic carbocycles. The van der Waals surface area contributed by atoms with Gasteiger partial charge < -0.3 is 4.98 Å². The first-order chi connectivity index (χ1) is 13.4. The van der Waals surface area contributed by atoms with Gasteiger partial charge in [-0.25, -0.2) is 0 Å². The maximum absolute atomic E-state index is 12.0. The van der Waals surface area contributed by atoms with E-state index in [0.717, 1.165) is 32.3 Å². The summed E-state index contributed by atoms with van der Waals surface area (Å²) < 4.78 is 0.929. The van der Waals surface area contributed by atoms with Crippen LogP contribution >= 0.6 is 15.9 Å². The lowest BCUT2D eigenvalue weighted by atomic mass is 9.76. The highest BCUT2D eigenvalue weighted by atomic mass is 79.9. The molecule has 4 rings (SSSR count). The lowest BCUT2D eigenvalue weighted by molar-refractivity contribution is 0.532. The minimum absolute atomic E-state index is 0.127. The summed E-state index contributed by atoms with van der Waals surface area (Å²) in [7, 11) is 6.05. The molecule has 28 heavy (non-hydrogen) atoms. The zero-order valence-corrected chi connectivity index (χ0v) is 17.0. The van der Waals surface area contributed by atoms with Crippen LogP contribution in [-0.2, 0) is 11.8 Å². The summed E-state index contributed by atoms with van der Waals surface area (Å²) in [5.74, 6) is 0. The van der Waals surface area contributed by atoms with Gasteiger partial charge in [-0.05, 0) is 43.2 Å². The Morgan fingerprint density at radius 3 is 2.64 bits per heavy atom. The van der Waals surface area contributed by atoms with E-state index in [9.17, 15) is 4.79 Å². The largest absolute Gasteiger partial charge is 0.325 e. The van der Waals surface area contributed by atoms with Crippen LogP contribution in [0.15, 0.2) is 82.1 Å². The number of benzene rings is 2. The average molecular weight is 429 g/mol. The van der Waals surface area contributed by atoms with E-state index in [4.69, 9.17) is 12.8 Å². The normalized spacial score (nSPS) is 13.4. The summed E-state index contributed by atoms with van der Waals surface area (Å²) in [5.41, 5.74) is 3.75. The van der Waals surface area contributed by atoms with Gasteiger partial charge in [-0.1, -0.05) is 63.9 Å². The zero-order valence-electron chi connectivity index (χ0n) is 15.4. The van der Waals surface area contributed by atoms with E-state index in [0.29, 0.717) is 11.9 Å². The number of para-hydroxylation sites is 1. The molecule has 0 bridgehead atoms. The Kier molecular flexibility index (Phi) is 4.94. The first kappa shape index (κ1) is 18.7. The highest BCUT2D eigenvalue weighted by Gasteiger charge is 2.32. The Balaban J connectivity index is 1.90. The van der Waals surface area contributed by atoms with Crippen molar-refractivity contribution in [2.45, 2.75) is 18.8 Å². The maximum Gasteiger partial charge on any atom is 0.248 e. The van der Waals surface area contributed by atoms with Crippen LogP contribution in [0, 0.1) is 0 Å². The Bertz CT molecular complexity index is 1200. The molecule has 0 saturated heterocycles. The molecule has 0 amide bonds. The van der Waals surface area contributed by atoms with Crippen LogP contribution in [0.25, 0.3) is 10.9 Å². The SMILES string of the molecule is [B]c1cc(Br)cc(CC(C)(c2ccc3ccccc3n2)c2cccc(=O)[nH]2)c1. The van der Waals surface area contributed by atoms with Crippen LogP contribution in [0.1, 0.15) is 23.9 Å². The predicted octanol–water partition coefficient (Wildman–Crippen LogP) is 4.03. The van der Waals surface area contributed by atoms with Crippen molar-refractivity contribution in [3.8, 4) is 0 Å². The number of nitrogens with zero attached hydrogens (tertiary/aromatic N) is 1. The topological polar surface area (TPSA) is 45.8 Å². The molecule has 0 saturated carbocycles. The van der Waals surface area contributed by atoms with Crippen molar-refractivity contribution in [3.63, 3.8) is 0 Å². The molecule has 1 atom stereocenters. The van der Waals surface area contributed by atoms with Crippen LogP contribution in [0.2, 0.25) is 0 Å². The van der Waals surface area contributed by atoms with Gasteiger partial charge in [0.25, 0.3) is 0 Å². The molecule has 0 aliphatic carbocycles. The quantitative estimate of drug-likeness (QED) is 0.499. The molecule has 0 aliphatic heterocycles. The predicted molar refractivity (Wildman–Crippen MR) is 118 cm³/mol. The van der Waals surface area contributed by atoms with Gasteiger partial charge >= 0.3 is 0 Å². The van der Waals surface area contributed by atoms with Gasteiger partial charge in [0.1, 0.15) is 7.85 Å². The highest BCUT2D eigenvalue weighted by molar-refractivity contribution is 9.10. The molecule has 1 unspecified atom stereocenters. The van der Waals surface area contributed by atoms with E-state index < -0.39 is 5.41 Å². The van der Waals surface area contributed by atoms with Crippen LogP contribution in [0.4, 0.5) is 0 Å². The Morgan fingerprint density at radius 1 is 1.04 bits per heavy atom. The van der Waals surface area contributed by atoms with Gasteiger partial charge in [0.15, 0.2) is 0 Å². The van der Waals surface area contributed by atoms with Crippen molar-refractivity contribution in [1.82, 2.24) is 9.97 Å². The number of fused-ring (bicyclic) bond motifs is 1. The molecule has 2 radical (unpaired) electrons. The number of aromatic nitrogens is 2. The molecule has 0 fully saturated rings. The lowest BCUT2D eigenvalue weighted by Crippen LogP contribution is -2.31. The van der Waals surface area contributed by atoms with E-state index in [1.165, 1.54) is 6.07 Å². The molecule has 3 nitrogen and oxygen atoms in total. The average Bonchev–Trinajstić information content (AvgIpc) is 2.66. The van der Waals surface area contributed by atoms with E-state index in [-0.39, 0.29) is 5.56 Å². The Morgan fingerprint density at radius 2 is 1.86 bits per heavy atom. The van der Waals surface area contributed by atoms with E-state index in [2.05, 4.69) is 40.0 Å². The maximum atomic E-state index is 12.0. The second-order valence-electron chi connectivity index (χ2n) is 7.22. The first-order valence-corrected chi connectivity index (χ1v) is 9.84. The van der Waals surface area contributed by atoms with Gasteiger partial charge in [-0.3, -0.25) is 9.78 Å². The summed E-state index contributed by atoms with van der Waals surface area (Å²) in [5, 5.41) is 1.09. The molecule has 0 spiro atoms. The third-order valence-electron chi connectivity index (χ3n) is 5.06. The van der Waals surface area contributed by atoms with Crippen molar-refractivity contribution in [2.75, 3.05) is 0 Å². The summed E-state index contributed by atoms with van der Waals surface area (Å²) >= 11 is 3.52. The van der Waals surface area contributed by atoms with Gasteiger partial charge in [-0.15, -0.1) is 0 Å². The van der Waals surface area contributed by atoms with E-state index in [1.54, 1.807) is 6.07 Å². The number of aromatic amines is 1. The molecule has 0 aliphatic rings.